The lowest BCUT2D eigenvalue weighted by molar-refractivity contribution is 0.230. The van der Waals surface area contributed by atoms with Crippen molar-refractivity contribution in [1.82, 2.24) is 4.90 Å². The topological polar surface area (TPSA) is 3.24 Å². The van der Waals surface area contributed by atoms with Crippen LogP contribution in [0, 0.1) is 0 Å². The summed E-state index contributed by atoms with van der Waals surface area (Å²) in [6, 6.07) is 0. The maximum Gasteiger partial charge on any atom is 0.316 e. The number of rotatable bonds is 3. The summed E-state index contributed by atoms with van der Waals surface area (Å²) < 4.78 is 0. The van der Waals surface area contributed by atoms with Crippen molar-refractivity contribution >= 4 is 34.7 Å². The molecule has 1 fully saturated rings. The number of piperidine rings is 1. The lowest BCUT2D eigenvalue weighted by Crippen LogP contribution is -2.30. The van der Waals surface area contributed by atoms with Gasteiger partial charge in [-0.15, -0.1) is 11.6 Å². The molecule has 0 unspecified atom stereocenters. The highest BCUT2D eigenvalue weighted by atomic mass is 35.5. The van der Waals surface area contributed by atoms with Crippen LogP contribution in [0.1, 0.15) is 25.7 Å². The SMILES string of the molecule is ClCCCN1CCCCC1.[MgH2]. The minimum atomic E-state index is 0. The maximum atomic E-state index is 5.59. The third kappa shape index (κ3) is 5.29. The highest BCUT2D eigenvalue weighted by molar-refractivity contribution is 6.17. The molecule has 0 aromatic rings. The molecule has 0 amide bonds. The van der Waals surface area contributed by atoms with E-state index in [0.29, 0.717) is 0 Å². The Morgan fingerprint density at radius 2 is 1.73 bits per heavy atom. The van der Waals surface area contributed by atoms with E-state index < -0.39 is 0 Å². The fourth-order valence-corrected chi connectivity index (χ4v) is 1.59. The van der Waals surface area contributed by atoms with Crippen molar-refractivity contribution in [3.8, 4) is 0 Å². The maximum absolute atomic E-state index is 5.59. The average Bonchev–Trinajstić information content (AvgIpc) is 2.03. The van der Waals surface area contributed by atoms with E-state index in [2.05, 4.69) is 4.90 Å². The first-order valence-corrected chi connectivity index (χ1v) is 4.75. The molecule has 0 spiro atoms. The number of alkyl halides is 1. The van der Waals surface area contributed by atoms with Crippen LogP contribution in [0.2, 0.25) is 0 Å². The third-order valence-corrected chi connectivity index (χ3v) is 2.32. The molecule has 0 atom stereocenters. The molecular formula is C8H18ClMgN. The Morgan fingerprint density at radius 3 is 2.27 bits per heavy atom. The zero-order valence-corrected chi connectivity index (χ0v) is 7.24. The van der Waals surface area contributed by atoms with Crippen LogP contribution in [-0.4, -0.2) is 53.5 Å². The van der Waals surface area contributed by atoms with E-state index in [1.165, 1.54) is 38.9 Å². The number of likely N-dealkylation sites (tertiary alicyclic amines) is 1. The molecule has 3 heteroatoms. The molecule has 1 saturated heterocycles. The minimum Gasteiger partial charge on any atom is -0.303 e. The Morgan fingerprint density at radius 1 is 1.09 bits per heavy atom. The molecule has 1 rings (SSSR count). The van der Waals surface area contributed by atoms with Crippen molar-refractivity contribution in [3.05, 3.63) is 0 Å². The van der Waals surface area contributed by atoms with Gasteiger partial charge in [0, 0.05) is 5.88 Å². The Balaban J connectivity index is 0.000001000. The lowest BCUT2D eigenvalue weighted by atomic mass is 10.1. The van der Waals surface area contributed by atoms with Crippen LogP contribution in [0.3, 0.4) is 0 Å². The predicted octanol–water partition coefficient (Wildman–Crippen LogP) is 1.18. The second kappa shape index (κ2) is 7.65. The quantitative estimate of drug-likeness (QED) is 0.474. The van der Waals surface area contributed by atoms with Crippen molar-refractivity contribution in [3.63, 3.8) is 0 Å². The van der Waals surface area contributed by atoms with Crippen LogP contribution in [-0.2, 0) is 0 Å². The van der Waals surface area contributed by atoms with E-state index in [1.54, 1.807) is 0 Å². The van der Waals surface area contributed by atoms with Gasteiger partial charge in [-0.25, -0.2) is 0 Å². The molecule has 0 aromatic carbocycles. The van der Waals surface area contributed by atoms with Gasteiger partial charge in [-0.3, -0.25) is 0 Å². The minimum absolute atomic E-state index is 0. The van der Waals surface area contributed by atoms with Gasteiger partial charge in [0.25, 0.3) is 0 Å². The summed E-state index contributed by atoms with van der Waals surface area (Å²) in [5.41, 5.74) is 0. The van der Waals surface area contributed by atoms with Crippen LogP contribution in [0.15, 0.2) is 0 Å². The third-order valence-electron chi connectivity index (χ3n) is 2.06. The molecule has 0 aromatic heterocycles. The molecule has 1 nitrogen and oxygen atoms in total. The molecule has 0 N–H and O–H groups in total. The zero-order chi connectivity index (χ0) is 7.23. The first kappa shape index (κ1) is 12.0. The van der Waals surface area contributed by atoms with Gasteiger partial charge < -0.3 is 4.90 Å². The molecule has 1 aliphatic heterocycles. The number of nitrogens with zero attached hydrogens (tertiary/aromatic N) is 1. The zero-order valence-electron chi connectivity index (χ0n) is 6.48. The highest BCUT2D eigenvalue weighted by Gasteiger charge is 2.07. The van der Waals surface area contributed by atoms with Gasteiger partial charge in [0.15, 0.2) is 0 Å². The second-order valence-electron chi connectivity index (χ2n) is 2.94. The van der Waals surface area contributed by atoms with Crippen molar-refractivity contribution in [2.24, 2.45) is 0 Å². The number of hydrogen-bond acceptors (Lipinski definition) is 1. The summed E-state index contributed by atoms with van der Waals surface area (Å²) in [6.45, 7) is 3.82. The van der Waals surface area contributed by atoms with E-state index in [0.717, 1.165) is 12.3 Å². The Hall–Kier alpha value is 1.02. The van der Waals surface area contributed by atoms with Crippen LogP contribution in [0.25, 0.3) is 0 Å². The van der Waals surface area contributed by atoms with Gasteiger partial charge in [0.05, 0.1) is 0 Å². The van der Waals surface area contributed by atoms with Gasteiger partial charge >= 0.3 is 23.1 Å². The Kier molecular flexibility index (Phi) is 8.36. The van der Waals surface area contributed by atoms with Crippen molar-refractivity contribution in [1.29, 1.82) is 0 Å². The first-order chi connectivity index (χ1) is 4.93. The van der Waals surface area contributed by atoms with Crippen molar-refractivity contribution in [2.45, 2.75) is 25.7 Å². The van der Waals surface area contributed by atoms with Crippen LogP contribution < -0.4 is 0 Å². The molecule has 0 bridgehead atoms. The average molecular weight is 188 g/mol. The summed E-state index contributed by atoms with van der Waals surface area (Å²) in [7, 11) is 0. The van der Waals surface area contributed by atoms with Gasteiger partial charge in [0.1, 0.15) is 0 Å². The van der Waals surface area contributed by atoms with Crippen molar-refractivity contribution < 1.29 is 0 Å². The van der Waals surface area contributed by atoms with E-state index in [-0.39, 0.29) is 23.1 Å². The smallest absolute Gasteiger partial charge is 0.303 e. The second-order valence-corrected chi connectivity index (χ2v) is 3.32. The largest absolute Gasteiger partial charge is 0.316 e. The van der Waals surface area contributed by atoms with Gasteiger partial charge in [-0.05, 0) is 38.9 Å². The highest BCUT2D eigenvalue weighted by Crippen LogP contribution is 2.08. The molecule has 0 radical (unpaired) electrons. The fraction of sp³-hybridized carbons (Fsp3) is 1.00. The van der Waals surface area contributed by atoms with Gasteiger partial charge in [-0.2, -0.15) is 0 Å². The van der Waals surface area contributed by atoms with Crippen LogP contribution in [0.5, 0.6) is 0 Å². The first-order valence-electron chi connectivity index (χ1n) is 4.22. The summed E-state index contributed by atoms with van der Waals surface area (Å²) in [5.74, 6) is 0.816. The Labute approximate surface area is 90.6 Å². The molecule has 0 aliphatic carbocycles. The predicted molar refractivity (Wildman–Crippen MR) is 54.2 cm³/mol. The molecule has 1 aliphatic rings. The Bertz CT molecular complexity index is 84.2. The number of hydrogen-bond donors (Lipinski definition) is 0. The molecular weight excluding hydrogens is 170 g/mol. The summed E-state index contributed by atoms with van der Waals surface area (Å²) in [4.78, 5) is 2.52. The molecule has 11 heavy (non-hydrogen) atoms. The monoisotopic (exact) mass is 187 g/mol. The van der Waals surface area contributed by atoms with Gasteiger partial charge in [-0.1, -0.05) is 6.42 Å². The molecule has 64 valence electrons. The molecule has 0 saturated carbocycles. The summed E-state index contributed by atoms with van der Waals surface area (Å²) in [5, 5.41) is 0. The summed E-state index contributed by atoms with van der Waals surface area (Å²) in [6.07, 6.45) is 5.36. The van der Waals surface area contributed by atoms with E-state index in [9.17, 15) is 0 Å². The van der Waals surface area contributed by atoms with Crippen LogP contribution >= 0.6 is 11.6 Å². The summed E-state index contributed by atoms with van der Waals surface area (Å²) >= 11 is 5.59. The van der Waals surface area contributed by atoms with Crippen molar-refractivity contribution in [2.75, 3.05) is 25.5 Å². The lowest BCUT2D eigenvalue weighted by Gasteiger charge is -2.25. The number of halogens is 1. The standard InChI is InChI=1S/C8H16ClN.Mg.2H/c9-5-4-8-10-6-2-1-3-7-10;;;/h1-8H2;;;. The molecule has 1 heterocycles. The normalized spacial score (nSPS) is 19.4. The van der Waals surface area contributed by atoms with E-state index in [1.807, 2.05) is 0 Å². The van der Waals surface area contributed by atoms with E-state index in [4.69, 9.17) is 11.6 Å². The van der Waals surface area contributed by atoms with E-state index >= 15 is 0 Å². The van der Waals surface area contributed by atoms with Crippen LogP contribution in [0.4, 0.5) is 0 Å². The van der Waals surface area contributed by atoms with Gasteiger partial charge in [0.2, 0.25) is 0 Å². The fourth-order valence-electron chi connectivity index (χ4n) is 1.47.